The van der Waals surface area contributed by atoms with Crippen LogP contribution in [0.15, 0.2) is 85.5 Å². The maximum atomic E-state index is 11.3. The summed E-state index contributed by atoms with van der Waals surface area (Å²) in [4.78, 5) is 11.3. The first-order valence-corrected chi connectivity index (χ1v) is 31.2. The quantitative estimate of drug-likeness (QED) is 0.0569. The number of hydrogen-bond acceptors (Lipinski definition) is 11. The van der Waals surface area contributed by atoms with Gasteiger partial charge >= 0.3 is 0 Å². The average Bonchev–Trinajstić information content (AvgIpc) is 3.75. The topological polar surface area (TPSA) is 109 Å². The Hall–Kier alpha value is -2.96. The molecule has 2 fully saturated rings. The highest BCUT2D eigenvalue weighted by Gasteiger charge is 2.46. The summed E-state index contributed by atoms with van der Waals surface area (Å²) < 4.78 is 61.3. The largest absolute Gasteiger partial charge is 0.497 e. The van der Waals surface area contributed by atoms with E-state index in [4.69, 9.17) is 46.7 Å². The molecule has 0 aromatic heterocycles. The summed E-state index contributed by atoms with van der Waals surface area (Å²) >= 11 is 0. The maximum absolute atomic E-state index is 11.3. The van der Waals surface area contributed by atoms with E-state index in [9.17, 15) is 4.79 Å². The molecule has 0 saturated carbocycles. The van der Waals surface area contributed by atoms with E-state index in [1.54, 1.807) is 14.2 Å². The second kappa shape index (κ2) is 27.5. The van der Waals surface area contributed by atoms with E-state index in [-0.39, 0.29) is 78.5 Å². The fourth-order valence-electron chi connectivity index (χ4n) is 7.64. The van der Waals surface area contributed by atoms with Gasteiger partial charge in [-0.25, -0.2) is 0 Å². The second-order valence-electron chi connectivity index (χ2n) is 23.1. The molecule has 0 radical (unpaired) electrons. The van der Waals surface area contributed by atoms with E-state index in [1.807, 2.05) is 88.4 Å². The molecular formula is C58H98O11Si2. The van der Waals surface area contributed by atoms with Gasteiger partial charge in [-0.05, 0) is 131 Å². The predicted octanol–water partition coefficient (Wildman–Crippen LogP) is 14.2. The lowest BCUT2D eigenvalue weighted by molar-refractivity contribution is -0.157. The fourth-order valence-corrected chi connectivity index (χ4v) is 10.6. The molecule has 0 bridgehead atoms. The Morgan fingerprint density at radius 3 is 1.23 bits per heavy atom. The Morgan fingerprint density at radius 2 is 0.930 bits per heavy atom. The highest BCUT2D eigenvalue weighted by atomic mass is 28.4. The molecule has 2 aromatic carbocycles. The van der Waals surface area contributed by atoms with Crippen LogP contribution < -0.4 is 9.47 Å². The first kappa shape index (κ1) is 64.2. The molecule has 10 atom stereocenters. The molecule has 404 valence electrons. The predicted molar refractivity (Wildman–Crippen MR) is 295 cm³/mol. The molecule has 0 aliphatic carbocycles. The van der Waals surface area contributed by atoms with Gasteiger partial charge in [-0.3, -0.25) is 0 Å². The van der Waals surface area contributed by atoms with E-state index in [2.05, 4.69) is 120 Å². The van der Waals surface area contributed by atoms with Gasteiger partial charge in [0, 0.05) is 18.6 Å². The Kier molecular flexibility index (Phi) is 24.9. The van der Waals surface area contributed by atoms with Gasteiger partial charge in [0.05, 0.1) is 39.6 Å². The standard InChI is InChI=1S/C29H48O5Si.C28H46O6Si.CH4/c1-12-13-26-27(33-29(7,8)32-26)25(31-20-23-15-17-24(30-9)18-16-23)19-14-21(2)22(3)34-35(10,11)28(4,5)6;1-20(21(2)34-35(9,10)27(3,4)5)11-16-24(26-25(17-18-29)32-28(6,7)33-26)31-19-22-12-14-23(30-8)15-13-22;/h12,14-19,21-22,25-27H,1,13,20H2,2-11H3;11-16,18,20-21,24-26H,17,19H2,1-10H3;1H4/b19-14-;16-11-;/t21-,22+,25?,26+,27-;20-,21+,24?,25+,26-;/m11./s1. The molecule has 2 aliphatic heterocycles. The van der Waals surface area contributed by atoms with Gasteiger partial charge in [0.15, 0.2) is 28.2 Å². The van der Waals surface area contributed by atoms with Crippen LogP contribution in [0.25, 0.3) is 0 Å². The molecule has 71 heavy (non-hydrogen) atoms. The van der Waals surface area contributed by atoms with E-state index < -0.39 is 34.3 Å². The Morgan fingerprint density at radius 1 is 0.592 bits per heavy atom. The van der Waals surface area contributed by atoms with Gasteiger partial charge < -0.3 is 51.5 Å². The fraction of sp³-hybridized carbons (Fsp3) is 0.672. The number of ether oxygens (including phenoxy) is 8. The van der Waals surface area contributed by atoms with E-state index in [0.717, 1.165) is 28.9 Å². The Labute approximate surface area is 434 Å². The van der Waals surface area contributed by atoms with Gasteiger partial charge in [0.1, 0.15) is 42.2 Å². The van der Waals surface area contributed by atoms with Crippen LogP contribution in [-0.2, 0) is 55.3 Å². The SMILES string of the molecule is C.C=CC[C@@H]1OC(C)(C)O[C@@H]1C(/C=C\[C@@H](C)[C@H](C)O[Si](C)(C)C(C)(C)C)OCc1ccc(OC)cc1.COc1ccc(COC(/C=C\[C@@H](C)[C@H](C)O[Si](C)(C)C(C)(C)C)[C@H]2OC(C)(C)O[C@H]2CC=O)cc1. The third-order valence-corrected chi connectivity index (χ3v) is 23.4. The molecule has 13 heteroatoms. The van der Waals surface area contributed by atoms with Crippen molar-refractivity contribution in [2.75, 3.05) is 14.2 Å². The van der Waals surface area contributed by atoms with Crippen molar-refractivity contribution in [1.82, 2.24) is 0 Å². The molecule has 0 N–H and O–H groups in total. The van der Waals surface area contributed by atoms with Crippen LogP contribution in [0, 0.1) is 11.8 Å². The molecule has 2 heterocycles. The third-order valence-electron chi connectivity index (χ3n) is 14.3. The molecule has 0 spiro atoms. The summed E-state index contributed by atoms with van der Waals surface area (Å²) in [5.74, 6) is 0.585. The molecule has 11 nitrogen and oxygen atoms in total. The van der Waals surface area contributed by atoms with Crippen LogP contribution in [0.2, 0.25) is 36.3 Å². The zero-order chi connectivity index (χ0) is 52.9. The Balaban J connectivity index is 0.000000480. The molecule has 2 saturated heterocycles. The van der Waals surface area contributed by atoms with Gasteiger partial charge in [0.2, 0.25) is 0 Å². The molecule has 2 aromatic rings. The zero-order valence-corrected chi connectivity index (χ0v) is 48.9. The van der Waals surface area contributed by atoms with Crippen molar-refractivity contribution < 1.29 is 51.5 Å². The first-order chi connectivity index (χ1) is 32.4. The number of aldehydes is 1. The highest BCUT2D eigenvalue weighted by molar-refractivity contribution is 6.74. The van der Waals surface area contributed by atoms with Crippen molar-refractivity contribution in [3.8, 4) is 11.5 Å². The Bertz CT molecular complexity index is 1790. The lowest BCUT2D eigenvalue weighted by Gasteiger charge is -2.39. The van der Waals surface area contributed by atoms with Gasteiger partial charge in [0.25, 0.3) is 0 Å². The molecule has 4 rings (SSSR count). The van der Waals surface area contributed by atoms with Crippen LogP contribution >= 0.6 is 0 Å². The number of hydrogen-bond donors (Lipinski definition) is 0. The lowest BCUT2D eigenvalue weighted by Crippen LogP contribution is -2.44. The second-order valence-corrected chi connectivity index (χ2v) is 32.6. The monoisotopic (exact) mass is 1030 g/mol. The number of methoxy groups -OCH3 is 2. The van der Waals surface area contributed by atoms with Crippen LogP contribution in [0.5, 0.6) is 11.5 Å². The van der Waals surface area contributed by atoms with Crippen molar-refractivity contribution >= 4 is 22.9 Å². The number of benzene rings is 2. The van der Waals surface area contributed by atoms with E-state index >= 15 is 0 Å². The number of carbonyl (C=O) groups excluding carboxylic acids is 1. The minimum atomic E-state index is -1.88. The van der Waals surface area contributed by atoms with Crippen LogP contribution in [-0.4, -0.2) is 97.5 Å². The summed E-state index contributed by atoms with van der Waals surface area (Å²) in [6, 6.07) is 15.7. The zero-order valence-electron chi connectivity index (χ0n) is 46.9. The smallest absolute Gasteiger partial charge is 0.192 e. The molecule has 0 amide bonds. The van der Waals surface area contributed by atoms with E-state index in [0.29, 0.717) is 19.6 Å². The molecule has 2 unspecified atom stereocenters. The van der Waals surface area contributed by atoms with Gasteiger partial charge in [-0.1, -0.05) is 117 Å². The summed E-state index contributed by atoms with van der Waals surface area (Å²) in [7, 11) is -0.414. The third kappa shape index (κ3) is 20.0. The minimum Gasteiger partial charge on any atom is -0.497 e. The van der Waals surface area contributed by atoms with Gasteiger partial charge in [-0.15, -0.1) is 6.58 Å². The van der Waals surface area contributed by atoms with Crippen molar-refractivity contribution in [2.45, 2.75) is 227 Å². The summed E-state index contributed by atoms with van der Waals surface area (Å²) in [6.07, 6.45) is 10.6. The highest BCUT2D eigenvalue weighted by Crippen LogP contribution is 2.40. The van der Waals surface area contributed by atoms with Crippen molar-refractivity contribution in [2.24, 2.45) is 11.8 Å². The van der Waals surface area contributed by atoms with E-state index in [1.165, 1.54) is 0 Å². The minimum absolute atomic E-state index is 0. The van der Waals surface area contributed by atoms with Crippen LogP contribution in [0.4, 0.5) is 0 Å². The first-order valence-electron chi connectivity index (χ1n) is 25.3. The number of rotatable bonds is 24. The maximum Gasteiger partial charge on any atom is 0.192 e. The van der Waals surface area contributed by atoms with Crippen molar-refractivity contribution in [3.63, 3.8) is 0 Å². The summed E-state index contributed by atoms with van der Waals surface area (Å²) in [5, 5.41) is 0.324. The normalized spacial score (nSPS) is 22.9. The van der Waals surface area contributed by atoms with Gasteiger partial charge in [-0.2, -0.15) is 0 Å². The summed E-state index contributed by atoms with van der Waals surface area (Å²) in [5.41, 5.74) is 2.10. The average molecular weight is 1030 g/mol. The van der Waals surface area contributed by atoms with Crippen LogP contribution in [0.1, 0.15) is 128 Å². The van der Waals surface area contributed by atoms with Crippen molar-refractivity contribution in [1.29, 1.82) is 0 Å². The lowest BCUT2D eigenvalue weighted by atomic mass is 10.0. The number of carbonyl (C=O) groups is 1. The molecule has 2 aliphatic rings. The van der Waals surface area contributed by atoms with Crippen molar-refractivity contribution in [3.05, 3.63) is 96.6 Å². The molecular weight excluding hydrogens is 929 g/mol. The summed E-state index contributed by atoms with van der Waals surface area (Å²) in [6.45, 7) is 43.8. The van der Waals surface area contributed by atoms with Crippen LogP contribution in [0.3, 0.4) is 0 Å².